The number of aryl methyl sites for hydroxylation is 2. The third-order valence-electron chi connectivity index (χ3n) is 3.59. The molecule has 0 bridgehead atoms. The van der Waals surface area contributed by atoms with E-state index in [-0.39, 0.29) is 37.5 Å². The summed E-state index contributed by atoms with van der Waals surface area (Å²) in [5.41, 5.74) is 2.57. The van der Waals surface area contributed by atoms with Crippen LogP contribution in [-0.2, 0) is 9.59 Å². The molecule has 1 amide bonds. The van der Waals surface area contributed by atoms with E-state index in [0.717, 1.165) is 11.1 Å². The fourth-order valence-corrected chi connectivity index (χ4v) is 2.24. The summed E-state index contributed by atoms with van der Waals surface area (Å²) < 4.78 is 0. The smallest absolute Gasteiger partial charge is 0.305 e. The second-order valence-corrected chi connectivity index (χ2v) is 5.36. The van der Waals surface area contributed by atoms with Crippen molar-refractivity contribution in [1.29, 1.82) is 0 Å². The van der Waals surface area contributed by atoms with Crippen molar-refractivity contribution >= 4 is 17.7 Å². The van der Waals surface area contributed by atoms with Crippen LogP contribution in [0.25, 0.3) is 0 Å². The van der Waals surface area contributed by atoms with Crippen molar-refractivity contribution in [3.05, 3.63) is 34.9 Å². The minimum absolute atomic E-state index is 0.0520. The Morgan fingerprint density at radius 1 is 1.09 bits per heavy atom. The van der Waals surface area contributed by atoms with Gasteiger partial charge in [-0.1, -0.05) is 17.7 Å². The highest BCUT2D eigenvalue weighted by Gasteiger charge is 2.16. The van der Waals surface area contributed by atoms with Gasteiger partial charge in [0, 0.05) is 31.5 Å². The number of hydrogen-bond acceptors (Lipinski definition) is 3. The number of nitrogens with zero attached hydrogens (tertiary/aromatic N) is 1. The van der Waals surface area contributed by atoms with Gasteiger partial charge < -0.3 is 10.0 Å². The molecule has 0 spiro atoms. The maximum absolute atomic E-state index is 12.2. The third kappa shape index (κ3) is 5.31. The number of carbonyl (C=O) groups excluding carboxylic acids is 2. The van der Waals surface area contributed by atoms with Gasteiger partial charge in [-0.05, 0) is 32.4 Å². The minimum atomic E-state index is -0.933. The number of amides is 1. The van der Waals surface area contributed by atoms with Crippen LogP contribution < -0.4 is 0 Å². The standard InChI is InChI=1S/C17H23NO4/c1-4-18(10-9-17(21)22)16(20)8-7-15(19)14-11-12(2)5-6-13(14)3/h5-6,11H,4,7-10H2,1-3H3,(H,21,22). The summed E-state index contributed by atoms with van der Waals surface area (Å²) in [6.45, 7) is 6.23. The molecule has 0 fully saturated rings. The molecule has 0 unspecified atom stereocenters. The first-order valence-corrected chi connectivity index (χ1v) is 7.45. The van der Waals surface area contributed by atoms with E-state index in [9.17, 15) is 14.4 Å². The average molecular weight is 305 g/mol. The van der Waals surface area contributed by atoms with Crippen LogP contribution in [0, 0.1) is 13.8 Å². The highest BCUT2D eigenvalue weighted by molar-refractivity contribution is 5.99. The fraction of sp³-hybridized carbons (Fsp3) is 0.471. The van der Waals surface area contributed by atoms with E-state index in [1.165, 1.54) is 4.90 Å². The van der Waals surface area contributed by atoms with Gasteiger partial charge >= 0.3 is 5.97 Å². The number of benzene rings is 1. The van der Waals surface area contributed by atoms with Crippen molar-refractivity contribution < 1.29 is 19.5 Å². The molecule has 5 heteroatoms. The maximum Gasteiger partial charge on any atom is 0.305 e. The van der Waals surface area contributed by atoms with Gasteiger partial charge in [-0.2, -0.15) is 0 Å². The summed E-state index contributed by atoms with van der Waals surface area (Å²) in [4.78, 5) is 36.3. The van der Waals surface area contributed by atoms with Gasteiger partial charge in [-0.25, -0.2) is 0 Å². The summed E-state index contributed by atoms with van der Waals surface area (Å²) in [5, 5.41) is 8.67. The van der Waals surface area contributed by atoms with E-state index in [2.05, 4.69) is 0 Å². The predicted molar refractivity (Wildman–Crippen MR) is 84.0 cm³/mol. The van der Waals surface area contributed by atoms with Gasteiger partial charge in [-0.15, -0.1) is 0 Å². The summed E-state index contributed by atoms with van der Waals surface area (Å²) >= 11 is 0. The lowest BCUT2D eigenvalue weighted by molar-refractivity contribution is -0.138. The molecule has 0 radical (unpaired) electrons. The lowest BCUT2D eigenvalue weighted by atomic mass is 9.99. The van der Waals surface area contributed by atoms with Crippen molar-refractivity contribution in [3.63, 3.8) is 0 Å². The second kappa shape index (κ2) is 8.32. The van der Waals surface area contributed by atoms with Crippen LogP contribution in [0.3, 0.4) is 0 Å². The minimum Gasteiger partial charge on any atom is -0.481 e. The summed E-state index contributed by atoms with van der Waals surface area (Å²) in [6, 6.07) is 5.68. The highest BCUT2D eigenvalue weighted by Crippen LogP contribution is 2.14. The highest BCUT2D eigenvalue weighted by atomic mass is 16.4. The monoisotopic (exact) mass is 305 g/mol. The molecule has 0 aliphatic heterocycles. The van der Waals surface area contributed by atoms with Gasteiger partial charge in [0.05, 0.1) is 6.42 Å². The zero-order chi connectivity index (χ0) is 16.7. The first-order valence-electron chi connectivity index (χ1n) is 7.45. The van der Waals surface area contributed by atoms with Crippen molar-refractivity contribution in [3.8, 4) is 0 Å². The van der Waals surface area contributed by atoms with Gasteiger partial charge in [0.25, 0.3) is 0 Å². The van der Waals surface area contributed by atoms with Crippen molar-refractivity contribution in [2.45, 2.75) is 40.0 Å². The number of carboxylic acid groups (broad SMARTS) is 1. The Morgan fingerprint density at radius 2 is 1.77 bits per heavy atom. The summed E-state index contributed by atoms with van der Waals surface area (Å²) in [5.74, 6) is -1.16. The zero-order valence-electron chi connectivity index (χ0n) is 13.4. The van der Waals surface area contributed by atoms with Crippen LogP contribution in [-0.4, -0.2) is 40.8 Å². The number of rotatable bonds is 8. The average Bonchev–Trinajstić information content (AvgIpc) is 2.47. The molecule has 1 rings (SSSR count). The van der Waals surface area contributed by atoms with Crippen molar-refractivity contribution in [1.82, 2.24) is 4.90 Å². The van der Waals surface area contributed by atoms with Crippen molar-refractivity contribution in [2.75, 3.05) is 13.1 Å². The SMILES string of the molecule is CCN(CCC(=O)O)C(=O)CCC(=O)c1cc(C)ccc1C. The molecule has 0 aliphatic rings. The van der Waals surface area contributed by atoms with E-state index in [1.54, 1.807) is 6.92 Å². The van der Waals surface area contributed by atoms with Crippen LogP contribution in [0.1, 0.15) is 47.7 Å². The van der Waals surface area contributed by atoms with E-state index >= 15 is 0 Å². The van der Waals surface area contributed by atoms with Gasteiger partial charge in [0.2, 0.25) is 5.91 Å². The van der Waals surface area contributed by atoms with E-state index < -0.39 is 5.97 Å². The van der Waals surface area contributed by atoms with E-state index in [0.29, 0.717) is 12.1 Å². The summed E-state index contributed by atoms with van der Waals surface area (Å²) in [7, 11) is 0. The number of carboxylic acids is 1. The normalized spacial score (nSPS) is 10.3. The molecule has 0 aromatic heterocycles. The van der Waals surface area contributed by atoms with Gasteiger partial charge in [0.15, 0.2) is 5.78 Å². The van der Waals surface area contributed by atoms with Gasteiger partial charge in [-0.3, -0.25) is 14.4 Å². The number of hydrogen-bond donors (Lipinski definition) is 1. The van der Waals surface area contributed by atoms with E-state index in [1.807, 2.05) is 32.0 Å². The molecule has 0 heterocycles. The van der Waals surface area contributed by atoms with Gasteiger partial charge in [0.1, 0.15) is 0 Å². The quantitative estimate of drug-likeness (QED) is 0.749. The number of Topliss-reactive ketones (excluding diaryl/α,β-unsaturated/α-hetero) is 1. The number of aliphatic carboxylic acids is 1. The third-order valence-corrected chi connectivity index (χ3v) is 3.59. The predicted octanol–water partition coefficient (Wildman–Crippen LogP) is 2.59. The maximum atomic E-state index is 12.2. The lowest BCUT2D eigenvalue weighted by Gasteiger charge is -2.19. The van der Waals surface area contributed by atoms with Crippen LogP contribution in [0.5, 0.6) is 0 Å². The Bertz CT molecular complexity index is 566. The molecule has 22 heavy (non-hydrogen) atoms. The fourth-order valence-electron chi connectivity index (χ4n) is 2.24. The van der Waals surface area contributed by atoms with Crippen LogP contribution in [0.2, 0.25) is 0 Å². The zero-order valence-corrected chi connectivity index (χ0v) is 13.4. The summed E-state index contributed by atoms with van der Waals surface area (Å²) in [6.07, 6.45) is 0.177. The number of carbonyl (C=O) groups is 3. The topological polar surface area (TPSA) is 74.7 Å². The van der Waals surface area contributed by atoms with Crippen molar-refractivity contribution in [2.24, 2.45) is 0 Å². The molecule has 5 nitrogen and oxygen atoms in total. The number of ketones is 1. The molecule has 0 aliphatic carbocycles. The first kappa shape index (κ1) is 17.9. The molecule has 1 aromatic carbocycles. The Kier molecular flexibility index (Phi) is 6.76. The second-order valence-electron chi connectivity index (χ2n) is 5.36. The Morgan fingerprint density at radius 3 is 2.36 bits per heavy atom. The molecule has 1 aromatic rings. The lowest BCUT2D eigenvalue weighted by Crippen LogP contribution is -2.33. The molecule has 0 saturated heterocycles. The van der Waals surface area contributed by atoms with E-state index in [4.69, 9.17) is 5.11 Å². The molecular formula is C17H23NO4. The molecule has 120 valence electrons. The van der Waals surface area contributed by atoms with Crippen LogP contribution in [0.15, 0.2) is 18.2 Å². The molecular weight excluding hydrogens is 282 g/mol. The Labute approximate surface area is 130 Å². The Hall–Kier alpha value is -2.17. The largest absolute Gasteiger partial charge is 0.481 e. The Balaban J connectivity index is 2.60. The molecule has 0 saturated carbocycles. The molecule has 1 N–H and O–H groups in total. The molecule has 0 atom stereocenters. The first-order chi connectivity index (χ1) is 10.3. The van der Waals surface area contributed by atoms with Crippen LogP contribution in [0.4, 0.5) is 0 Å². The van der Waals surface area contributed by atoms with Crippen LogP contribution >= 0.6 is 0 Å².